The summed E-state index contributed by atoms with van der Waals surface area (Å²) < 4.78 is 2.12. The Morgan fingerprint density at radius 3 is 2.70 bits per heavy atom. The van der Waals surface area contributed by atoms with E-state index in [1.165, 1.54) is 29.6 Å². The van der Waals surface area contributed by atoms with E-state index in [1.54, 1.807) is 6.08 Å². The van der Waals surface area contributed by atoms with Gasteiger partial charge in [-0.2, -0.15) is 15.1 Å². The molecule has 0 spiro atoms. The Kier molecular flexibility index (Phi) is 6.91. The minimum atomic E-state index is -0.398. The Labute approximate surface area is 203 Å². The summed E-state index contributed by atoms with van der Waals surface area (Å²) in [6.07, 6.45) is 7.20. The number of amides is 1. The Bertz CT molecular complexity index is 1220. The van der Waals surface area contributed by atoms with Crippen LogP contribution in [-0.2, 0) is 4.79 Å². The van der Waals surface area contributed by atoms with E-state index in [-0.39, 0.29) is 11.4 Å². The standard InChI is InChI=1S/C25H28ClN5OS/c1-5-6-7-8-9-22-29-31-23(27)20(24(32)28-25(31)33-22)13-18-12-16(3)30(17(18)4)21-14-19(26)11-10-15(21)2/h10-14,27H,5-9H2,1-4H3/b20-13+,27-23?. The van der Waals surface area contributed by atoms with Crippen molar-refractivity contribution in [3.63, 3.8) is 0 Å². The highest BCUT2D eigenvalue weighted by Gasteiger charge is 2.35. The van der Waals surface area contributed by atoms with Crippen LogP contribution in [0.1, 0.15) is 61.5 Å². The third-order valence-electron chi connectivity index (χ3n) is 5.92. The number of rotatable bonds is 7. The summed E-state index contributed by atoms with van der Waals surface area (Å²) in [6, 6.07) is 7.83. The van der Waals surface area contributed by atoms with E-state index in [2.05, 4.69) is 21.6 Å². The molecule has 2 aromatic rings. The van der Waals surface area contributed by atoms with E-state index in [0.29, 0.717) is 10.2 Å². The number of hydrazone groups is 1. The monoisotopic (exact) mass is 481 g/mol. The van der Waals surface area contributed by atoms with Crippen molar-refractivity contribution >= 4 is 51.4 Å². The minimum Gasteiger partial charge on any atom is -0.318 e. The van der Waals surface area contributed by atoms with Crippen LogP contribution in [0.3, 0.4) is 0 Å². The molecular weight excluding hydrogens is 454 g/mol. The summed E-state index contributed by atoms with van der Waals surface area (Å²) in [5.41, 5.74) is 5.21. The van der Waals surface area contributed by atoms with Gasteiger partial charge in [-0.1, -0.05) is 43.9 Å². The van der Waals surface area contributed by atoms with Gasteiger partial charge in [0.15, 0.2) is 5.84 Å². The molecule has 1 N–H and O–H groups in total. The fourth-order valence-electron chi connectivity index (χ4n) is 4.12. The van der Waals surface area contributed by atoms with E-state index in [0.717, 1.165) is 52.5 Å². The Hall–Kier alpha value is -2.64. The fraction of sp³-hybridized carbons (Fsp3) is 0.360. The zero-order valence-corrected chi connectivity index (χ0v) is 21.0. The molecule has 0 radical (unpaired) electrons. The minimum absolute atomic E-state index is 0.0739. The quantitative estimate of drug-likeness (QED) is 0.355. The Morgan fingerprint density at radius 2 is 1.94 bits per heavy atom. The number of thioether (sulfide) groups is 1. The van der Waals surface area contributed by atoms with E-state index < -0.39 is 5.91 Å². The number of unbranched alkanes of at least 4 members (excludes halogenated alkanes) is 3. The lowest BCUT2D eigenvalue weighted by atomic mass is 10.1. The summed E-state index contributed by atoms with van der Waals surface area (Å²) in [4.78, 5) is 17.0. The first-order chi connectivity index (χ1) is 15.8. The van der Waals surface area contributed by atoms with Gasteiger partial charge >= 0.3 is 0 Å². The number of carbonyl (C=O) groups is 1. The van der Waals surface area contributed by atoms with Crippen LogP contribution in [0.4, 0.5) is 0 Å². The molecular formula is C25H28ClN5OS. The SMILES string of the molecule is CCCCCCC1=NN2C(=N)/C(=C\c3cc(C)n(-c4cc(Cl)ccc4C)c3C)C(=O)N=C2S1. The van der Waals surface area contributed by atoms with Crippen molar-refractivity contribution in [1.29, 1.82) is 5.41 Å². The second kappa shape index (κ2) is 9.69. The van der Waals surface area contributed by atoms with Gasteiger partial charge < -0.3 is 4.57 Å². The van der Waals surface area contributed by atoms with Gasteiger partial charge in [-0.3, -0.25) is 10.2 Å². The van der Waals surface area contributed by atoms with Crippen molar-refractivity contribution in [2.45, 2.75) is 59.8 Å². The van der Waals surface area contributed by atoms with Gasteiger partial charge in [-0.25, -0.2) is 0 Å². The van der Waals surface area contributed by atoms with Crippen LogP contribution in [-0.4, -0.2) is 31.5 Å². The van der Waals surface area contributed by atoms with Gasteiger partial charge in [0.05, 0.1) is 5.57 Å². The lowest BCUT2D eigenvalue weighted by molar-refractivity contribution is -0.114. The molecule has 0 fully saturated rings. The summed E-state index contributed by atoms with van der Waals surface area (Å²) in [5, 5.41) is 16.8. The third-order valence-corrected chi connectivity index (χ3v) is 7.13. The highest BCUT2D eigenvalue weighted by molar-refractivity contribution is 8.26. The van der Waals surface area contributed by atoms with E-state index in [4.69, 9.17) is 17.0 Å². The van der Waals surface area contributed by atoms with Crippen molar-refractivity contribution in [3.8, 4) is 5.69 Å². The molecule has 0 aliphatic carbocycles. The number of hydrogen-bond acceptors (Lipinski definition) is 4. The molecule has 0 saturated heterocycles. The number of halogens is 1. The van der Waals surface area contributed by atoms with Crippen LogP contribution in [0.25, 0.3) is 11.8 Å². The van der Waals surface area contributed by atoms with Gasteiger partial charge in [-0.05, 0) is 80.8 Å². The number of benzene rings is 1. The first kappa shape index (κ1) is 23.5. The Morgan fingerprint density at radius 1 is 1.15 bits per heavy atom. The second-order valence-electron chi connectivity index (χ2n) is 8.42. The maximum absolute atomic E-state index is 12.8. The molecule has 1 aromatic heterocycles. The van der Waals surface area contributed by atoms with E-state index in [9.17, 15) is 4.79 Å². The number of amidine groups is 2. The smallest absolute Gasteiger partial charge is 0.283 e. The fourth-order valence-corrected chi connectivity index (χ4v) is 5.21. The van der Waals surface area contributed by atoms with E-state index in [1.807, 2.05) is 45.0 Å². The van der Waals surface area contributed by atoms with Gasteiger partial charge in [0.2, 0.25) is 5.17 Å². The number of aryl methyl sites for hydroxylation is 2. The topological polar surface area (TPSA) is 73.8 Å². The van der Waals surface area contributed by atoms with Crippen LogP contribution < -0.4 is 0 Å². The molecule has 0 bridgehead atoms. The van der Waals surface area contributed by atoms with Crippen LogP contribution in [0.15, 0.2) is 39.9 Å². The average Bonchev–Trinajstić information content (AvgIpc) is 3.30. The van der Waals surface area contributed by atoms with Crippen molar-refractivity contribution in [3.05, 3.63) is 57.4 Å². The first-order valence-corrected chi connectivity index (χ1v) is 12.4. The third kappa shape index (κ3) is 4.70. The molecule has 8 heteroatoms. The van der Waals surface area contributed by atoms with Crippen LogP contribution in [0.2, 0.25) is 5.02 Å². The second-order valence-corrected chi connectivity index (χ2v) is 9.89. The van der Waals surface area contributed by atoms with Crippen LogP contribution in [0, 0.1) is 26.2 Å². The number of nitrogens with one attached hydrogen (secondary N) is 1. The average molecular weight is 482 g/mol. The summed E-state index contributed by atoms with van der Waals surface area (Å²) in [6.45, 7) is 8.25. The number of hydrogen-bond donors (Lipinski definition) is 1. The normalized spacial score (nSPS) is 17.0. The predicted molar refractivity (Wildman–Crippen MR) is 139 cm³/mol. The van der Waals surface area contributed by atoms with Gasteiger partial charge in [-0.15, -0.1) is 0 Å². The molecule has 33 heavy (non-hydrogen) atoms. The van der Waals surface area contributed by atoms with E-state index >= 15 is 0 Å². The Balaban J connectivity index is 1.63. The number of fused-ring (bicyclic) bond motifs is 1. The molecule has 0 saturated carbocycles. The predicted octanol–water partition coefficient (Wildman–Crippen LogP) is 6.65. The number of aliphatic imine (C=N–C) groups is 1. The summed E-state index contributed by atoms with van der Waals surface area (Å²) in [7, 11) is 0. The molecule has 2 aliphatic rings. The molecule has 6 nitrogen and oxygen atoms in total. The molecule has 172 valence electrons. The molecule has 2 aliphatic heterocycles. The van der Waals surface area contributed by atoms with Gasteiger partial charge in [0.1, 0.15) is 5.04 Å². The zero-order chi connectivity index (χ0) is 23.7. The number of carbonyl (C=O) groups excluding carboxylic acids is 1. The molecule has 4 rings (SSSR count). The van der Waals surface area contributed by atoms with Gasteiger partial charge in [0.25, 0.3) is 5.91 Å². The maximum atomic E-state index is 12.8. The highest BCUT2D eigenvalue weighted by Crippen LogP contribution is 2.32. The largest absolute Gasteiger partial charge is 0.318 e. The molecule has 1 aromatic carbocycles. The summed E-state index contributed by atoms with van der Waals surface area (Å²) >= 11 is 7.65. The number of nitrogens with zero attached hydrogens (tertiary/aromatic N) is 4. The van der Waals surface area contributed by atoms with Crippen molar-refractivity contribution < 1.29 is 4.79 Å². The van der Waals surface area contributed by atoms with Gasteiger partial charge in [0, 0.05) is 22.1 Å². The van der Waals surface area contributed by atoms with Crippen molar-refractivity contribution in [2.24, 2.45) is 10.1 Å². The van der Waals surface area contributed by atoms with Crippen LogP contribution in [0.5, 0.6) is 0 Å². The first-order valence-electron chi connectivity index (χ1n) is 11.2. The zero-order valence-electron chi connectivity index (χ0n) is 19.4. The molecule has 3 heterocycles. The number of aromatic nitrogens is 1. The van der Waals surface area contributed by atoms with Crippen molar-refractivity contribution in [1.82, 2.24) is 9.58 Å². The molecule has 1 amide bonds. The van der Waals surface area contributed by atoms with Crippen molar-refractivity contribution in [2.75, 3.05) is 0 Å². The van der Waals surface area contributed by atoms with Crippen LogP contribution >= 0.6 is 23.4 Å². The highest BCUT2D eigenvalue weighted by atomic mass is 35.5. The summed E-state index contributed by atoms with van der Waals surface area (Å²) in [5.74, 6) is -0.324. The molecule has 0 unspecified atom stereocenters. The lowest BCUT2D eigenvalue weighted by Gasteiger charge is -2.20. The maximum Gasteiger partial charge on any atom is 0.283 e. The lowest BCUT2D eigenvalue weighted by Crippen LogP contribution is -2.35. The molecule has 0 atom stereocenters.